The van der Waals surface area contributed by atoms with Crippen molar-refractivity contribution in [3.8, 4) is 5.69 Å². The van der Waals surface area contributed by atoms with E-state index in [0.29, 0.717) is 0 Å². The normalized spacial score (nSPS) is 10.4. The molecule has 2 rings (SSSR count). The van der Waals surface area contributed by atoms with Gasteiger partial charge in [-0.3, -0.25) is 0 Å². The van der Waals surface area contributed by atoms with E-state index < -0.39 is 0 Å². The summed E-state index contributed by atoms with van der Waals surface area (Å²) >= 11 is 0. The number of rotatable bonds is 4. The number of anilines is 1. The lowest BCUT2D eigenvalue weighted by Gasteiger charge is -2.17. The number of aromatic nitrogens is 3. The minimum absolute atomic E-state index is 0.860. The standard InChI is InChI=1S/C14H18N4/c1-5-6-12-7-8-13(9-14(12)17(3)4)18-15-10-11(2)16-18/h5,7-10H,1,6H2,2-4H3. The van der Waals surface area contributed by atoms with E-state index in [2.05, 4.69) is 33.8 Å². The lowest BCUT2D eigenvalue weighted by molar-refractivity contribution is 0.745. The molecule has 0 aliphatic rings. The molecule has 4 heteroatoms. The van der Waals surface area contributed by atoms with Crippen LogP contribution in [0, 0.1) is 6.92 Å². The molecule has 0 fully saturated rings. The van der Waals surface area contributed by atoms with Gasteiger partial charge >= 0.3 is 0 Å². The van der Waals surface area contributed by atoms with Gasteiger partial charge in [-0.2, -0.15) is 15.0 Å². The highest BCUT2D eigenvalue weighted by molar-refractivity contribution is 5.58. The Morgan fingerprint density at radius 3 is 2.72 bits per heavy atom. The first-order valence-corrected chi connectivity index (χ1v) is 5.92. The second-order valence-corrected chi connectivity index (χ2v) is 4.48. The van der Waals surface area contributed by atoms with E-state index in [-0.39, 0.29) is 0 Å². The molecule has 18 heavy (non-hydrogen) atoms. The molecule has 1 aromatic carbocycles. The van der Waals surface area contributed by atoms with Crippen molar-refractivity contribution < 1.29 is 0 Å². The molecule has 0 saturated heterocycles. The molecule has 94 valence electrons. The maximum absolute atomic E-state index is 4.32. The first-order valence-electron chi connectivity index (χ1n) is 5.92. The monoisotopic (exact) mass is 242 g/mol. The molecule has 1 heterocycles. The summed E-state index contributed by atoms with van der Waals surface area (Å²) in [7, 11) is 4.07. The molecule has 0 aliphatic carbocycles. The summed E-state index contributed by atoms with van der Waals surface area (Å²) in [6.45, 7) is 5.72. The quantitative estimate of drug-likeness (QED) is 0.772. The Balaban J connectivity index is 2.45. The van der Waals surface area contributed by atoms with Gasteiger partial charge in [0.25, 0.3) is 0 Å². The first kappa shape index (κ1) is 12.4. The molecular formula is C14H18N4. The summed E-state index contributed by atoms with van der Waals surface area (Å²) in [4.78, 5) is 3.75. The highest BCUT2D eigenvalue weighted by Gasteiger charge is 2.07. The maximum Gasteiger partial charge on any atom is 0.0877 e. The molecular weight excluding hydrogens is 224 g/mol. The van der Waals surface area contributed by atoms with Gasteiger partial charge in [0.05, 0.1) is 17.6 Å². The van der Waals surface area contributed by atoms with E-state index in [1.165, 1.54) is 11.3 Å². The topological polar surface area (TPSA) is 34.0 Å². The first-order chi connectivity index (χ1) is 8.61. The van der Waals surface area contributed by atoms with Crippen LogP contribution >= 0.6 is 0 Å². The van der Waals surface area contributed by atoms with Gasteiger partial charge in [0.2, 0.25) is 0 Å². The van der Waals surface area contributed by atoms with Crippen LogP contribution in [0.2, 0.25) is 0 Å². The summed E-state index contributed by atoms with van der Waals surface area (Å²) in [6.07, 6.45) is 4.53. The predicted octanol–water partition coefficient (Wildman–Crippen LogP) is 2.37. The van der Waals surface area contributed by atoms with Crippen molar-refractivity contribution in [2.75, 3.05) is 19.0 Å². The van der Waals surface area contributed by atoms with E-state index in [1.54, 1.807) is 11.0 Å². The van der Waals surface area contributed by atoms with Gasteiger partial charge in [0.15, 0.2) is 0 Å². The summed E-state index contributed by atoms with van der Waals surface area (Å²) in [5.74, 6) is 0. The molecule has 0 amide bonds. The van der Waals surface area contributed by atoms with Crippen LogP contribution in [0.25, 0.3) is 5.69 Å². The molecule has 4 nitrogen and oxygen atoms in total. The smallest absolute Gasteiger partial charge is 0.0877 e. The summed E-state index contributed by atoms with van der Waals surface area (Å²) < 4.78 is 0. The number of nitrogens with zero attached hydrogens (tertiary/aromatic N) is 4. The second-order valence-electron chi connectivity index (χ2n) is 4.48. The van der Waals surface area contributed by atoms with Crippen LogP contribution in [0.5, 0.6) is 0 Å². The van der Waals surface area contributed by atoms with Crippen molar-refractivity contribution in [3.63, 3.8) is 0 Å². The Labute approximate surface area is 108 Å². The largest absolute Gasteiger partial charge is 0.377 e. The minimum Gasteiger partial charge on any atom is -0.377 e. The zero-order valence-electron chi connectivity index (χ0n) is 11.1. The Bertz CT molecular complexity index is 555. The summed E-state index contributed by atoms with van der Waals surface area (Å²) in [5.41, 5.74) is 4.31. The number of hydrogen-bond donors (Lipinski definition) is 0. The van der Waals surface area contributed by atoms with Crippen LogP contribution in [-0.2, 0) is 6.42 Å². The Kier molecular flexibility index (Phi) is 3.46. The molecule has 0 unspecified atom stereocenters. The molecule has 1 aromatic heterocycles. The third kappa shape index (κ3) is 2.42. The van der Waals surface area contributed by atoms with Gasteiger partial charge in [-0.25, -0.2) is 0 Å². The number of benzene rings is 1. The molecule has 0 atom stereocenters. The Hall–Kier alpha value is -2.10. The molecule has 2 aromatic rings. The van der Waals surface area contributed by atoms with Crippen molar-refractivity contribution in [3.05, 3.63) is 48.3 Å². The fraction of sp³-hybridized carbons (Fsp3) is 0.286. The molecule has 0 radical (unpaired) electrons. The molecule has 0 spiro atoms. The number of aryl methyl sites for hydroxylation is 1. The molecule has 0 saturated carbocycles. The van der Waals surface area contributed by atoms with Crippen molar-refractivity contribution in [1.82, 2.24) is 15.0 Å². The average Bonchev–Trinajstić information content (AvgIpc) is 2.76. The maximum atomic E-state index is 4.32. The highest BCUT2D eigenvalue weighted by Crippen LogP contribution is 2.22. The van der Waals surface area contributed by atoms with Gasteiger partial charge in [0, 0.05) is 19.8 Å². The van der Waals surface area contributed by atoms with E-state index >= 15 is 0 Å². The summed E-state index contributed by atoms with van der Waals surface area (Å²) in [6, 6.07) is 6.23. The van der Waals surface area contributed by atoms with Crippen LogP contribution in [0.15, 0.2) is 37.1 Å². The van der Waals surface area contributed by atoms with Gasteiger partial charge in [-0.15, -0.1) is 6.58 Å². The molecule has 0 bridgehead atoms. The van der Waals surface area contributed by atoms with Crippen LogP contribution in [-0.4, -0.2) is 29.1 Å². The third-order valence-electron chi connectivity index (χ3n) is 2.75. The highest BCUT2D eigenvalue weighted by atomic mass is 15.5. The molecule has 0 aliphatic heterocycles. The van der Waals surface area contributed by atoms with E-state index in [4.69, 9.17) is 0 Å². The predicted molar refractivity (Wildman–Crippen MR) is 74.3 cm³/mol. The van der Waals surface area contributed by atoms with E-state index in [9.17, 15) is 0 Å². The lowest BCUT2D eigenvalue weighted by atomic mass is 10.1. The zero-order chi connectivity index (χ0) is 13.1. The number of hydrogen-bond acceptors (Lipinski definition) is 3. The van der Waals surface area contributed by atoms with Crippen LogP contribution < -0.4 is 4.90 Å². The van der Waals surface area contributed by atoms with Crippen LogP contribution in [0.1, 0.15) is 11.3 Å². The fourth-order valence-electron chi connectivity index (χ4n) is 1.88. The zero-order valence-corrected chi connectivity index (χ0v) is 11.1. The van der Waals surface area contributed by atoms with Gasteiger partial charge in [0.1, 0.15) is 0 Å². The average molecular weight is 242 g/mol. The second kappa shape index (κ2) is 5.04. The summed E-state index contributed by atoms with van der Waals surface area (Å²) in [5, 5.41) is 8.55. The SMILES string of the molecule is C=CCc1ccc(-n2ncc(C)n2)cc1N(C)C. The van der Waals surface area contributed by atoms with Crippen LogP contribution in [0.3, 0.4) is 0 Å². The van der Waals surface area contributed by atoms with Crippen molar-refractivity contribution in [1.29, 1.82) is 0 Å². The van der Waals surface area contributed by atoms with E-state index in [1.807, 2.05) is 33.2 Å². The minimum atomic E-state index is 0.860. The Morgan fingerprint density at radius 2 is 2.17 bits per heavy atom. The fourth-order valence-corrected chi connectivity index (χ4v) is 1.88. The lowest BCUT2D eigenvalue weighted by Crippen LogP contribution is -2.12. The molecule has 0 N–H and O–H groups in total. The Morgan fingerprint density at radius 1 is 1.39 bits per heavy atom. The van der Waals surface area contributed by atoms with Crippen molar-refractivity contribution in [2.24, 2.45) is 0 Å². The number of allylic oxidation sites excluding steroid dienone is 1. The van der Waals surface area contributed by atoms with Gasteiger partial charge in [-0.05, 0) is 31.0 Å². The van der Waals surface area contributed by atoms with Gasteiger partial charge in [-0.1, -0.05) is 12.1 Å². The third-order valence-corrected chi connectivity index (χ3v) is 2.75. The van der Waals surface area contributed by atoms with Crippen molar-refractivity contribution >= 4 is 5.69 Å². The van der Waals surface area contributed by atoms with E-state index in [0.717, 1.165) is 17.8 Å². The van der Waals surface area contributed by atoms with Gasteiger partial charge < -0.3 is 4.90 Å². The van der Waals surface area contributed by atoms with Crippen molar-refractivity contribution in [2.45, 2.75) is 13.3 Å². The van der Waals surface area contributed by atoms with Crippen LogP contribution in [0.4, 0.5) is 5.69 Å².